The highest BCUT2D eigenvalue weighted by molar-refractivity contribution is 7.98. The summed E-state index contributed by atoms with van der Waals surface area (Å²) in [5, 5.41) is 1.32. The number of sulfonamides is 1. The van der Waals surface area contributed by atoms with Crippen molar-refractivity contribution in [2.75, 3.05) is 25.2 Å². The quantitative estimate of drug-likeness (QED) is 0.406. The van der Waals surface area contributed by atoms with Gasteiger partial charge in [0, 0.05) is 34.7 Å². The Kier molecular flexibility index (Phi) is 6.92. The van der Waals surface area contributed by atoms with Crippen molar-refractivity contribution >= 4 is 49.5 Å². The monoisotopic (exact) mass is 476 g/mol. The van der Waals surface area contributed by atoms with Crippen LogP contribution in [0, 0.1) is 5.92 Å². The van der Waals surface area contributed by atoms with Crippen molar-refractivity contribution < 1.29 is 17.9 Å². The van der Waals surface area contributed by atoms with Gasteiger partial charge in [0.15, 0.2) is 5.69 Å². The highest BCUT2D eigenvalue weighted by Gasteiger charge is 2.20. The van der Waals surface area contributed by atoms with Gasteiger partial charge in [-0.25, -0.2) is 18.1 Å². The highest BCUT2D eigenvalue weighted by atomic mass is 32.2. The molecule has 0 spiro atoms. The molecule has 2 heterocycles. The van der Waals surface area contributed by atoms with E-state index in [1.807, 2.05) is 6.26 Å². The topological polar surface area (TPSA) is 127 Å². The molecule has 1 aliphatic carbocycles. The van der Waals surface area contributed by atoms with E-state index >= 15 is 0 Å². The highest BCUT2D eigenvalue weighted by Crippen LogP contribution is 2.32. The number of nitrogens with two attached hydrogens (primary N) is 1. The first-order valence-corrected chi connectivity index (χ1v) is 13.6. The zero-order valence-electron chi connectivity index (χ0n) is 18.0. The number of rotatable bonds is 9. The van der Waals surface area contributed by atoms with Gasteiger partial charge in [0.2, 0.25) is 15.9 Å². The van der Waals surface area contributed by atoms with E-state index in [1.54, 1.807) is 30.0 Å². The van der Waals surface area contributed by atoms with E-state index in [1.165, 1.54) is 25.3 Å². The van der Waals surface area contributed by atoms with E-state index in [0.717, 1.165) is 12.8 Å². The van der Waals surface area contributed by atoms with Crippen LogP contribution in [0.4, 0.5) is 0 Å². The number of thioether (sulfide) groups is 1. The smallest absolute Gasteiger partial charge is 0.269 e. The Labute approximate surface area is 191 Å². The summed E-state index contributed by atoms with van der Waals surface area (Å²) in [7, 11) is -3.65. The predicted octanol–water partition coefficient (Wildman–Crippen LogP) is 3.42. The van der Waals surface area contributed by atoms with Crippen molar-refractivity contribution in [1.82, 2.24) is 14.7 Å². The lowest BCUT2D eigenvalue weighted by atomic mass is 9.90. The first kappa shape index (κ1) is 22.9. The van der Waals surface area contributed by atoms with E-state index in [9.17, 15) is 13.2 Å². The summed E-state index contributed by atoms with van der Waals surface area (Å²) >= 11 is 1.57. The van der Waals surface area contributed by atoms with Crippen molar-refractivity contribution in [3.05, 3.63) is 30.0 Å². The van der Waals surface area contributed by atoms with Crippen molar-refractivity contribution in [1.29, 1.82) is 0 Å². The molecule has 4 N–H and O–H groups in total. The second-order valence-electron chi connectivity index (χ2n) is 8.13. The number of hydrogen-bond donors (Lipinski definition) is 3. The zero-order valence-corrected chi connectivity index (χ0v) is 19.7. The van der Waals surface area contributed by atoms with Gasteiger partial charge < -0.3 is 15.5 Å². The van der Waals surface area contributed by atoms with Crippen LogP contribution in [0.2, 0.25) is 0 Å². The molecule has 10 heteroatoms. The van der Waals surface area contributed by atoms with Gasteiger partial charge in [-0.1, -0.05) is 19.3 Å². The summed E-state index contributed by atoms with van der Waals surface area (Å²) < 4.78 is 33.9. The SMILES string of the molecule is CSCCNS(=O)(=O)c1ccc2[nH]c3c(C(N)=O)nc(OCC4CCCCC4)cc3c2c1. The van der Waals surface area contributed by atoms with Crippen LogP contribution < -0.4 is 15.2 Å². The second kappa shape index (κ2) is 9.68. The van der Waals surface area contributed by atoms with Crippen LogP contribution in [0.3, 0.4) is 0 Å². The van der Waals surface area contributed by atoms with Gasteiger partial charge in [-0.05, 0) is 43.2 Å². The van der Waals surface area contributed by atoms with E-state index in [0.29, 0.717) is 52.5 Å². The van der Waals surface area contributed by atoms with Gasteiger partial charge >= 0.3 is 0 Å². The van der Waals surface area contributed by atoms with Gasteiger partial charge in [-0.15, -0.1) is 0 Å². The molecule has 2 aromatic heterocycles. The normalized spacial score (nSPS) is 15.4. The minimum absolute atomic E-state index is 0.0832. The molecule has 3 aromatic rings. The summed E-state index contributed by atoms with van der Waals surface area (Å²) in [4.78, 5) is 19.8. The third-order valence-electron chi connectivity index (χ3n) is 5.87. The molecule has 0 radical (unpaired) electrons. The van der Waals surface area contributed by atoms with Crippen LogP contribution in [-0.2, 0) is 10.0 Å². The third-order valence-corrected chi connectivity index (χ3v) is 7.94. The Bertz CT molecular complexity index is 1230. The number of nitrogens with zero attached hydrogens (tertiary/aromatic N) is 1. The molecule has 8 nitrogen and oxygen atoms in total. The Morgan fingerprint density at radius 1 is 1.25 bits per heavy atom. The Morgan fingerprint density at radius 2 is 2.03 bits per heavy atom. The van der Waals surface area contributed by atoms with Crippen LogP contribution >= 0.6 is 11.8 Å². The number of carbonyl (C=O) groups is 1. The van der Waals surface area contributed by atoms with Gasteiger partial charge in [0.1, 0.15) is 0 Å². The molecule has 0 atom stereocenters. The number of pyridine rings is 1. The van der Waals surface area contributed by atoms with E-state index in [4.69, 9.17) is 10.5 Å². The molecule has 1 amide bonds. The number of hydrogen-bond acceptors (Lipinski definition) is 6. The Hall–Kier alpha value is -2.30. The number of benzene rings is 1. The fourth-order valence-corrected chi connectivity index (χ4v) is 5.68. The number of nitrogens with one attached hydrogen (secondary N) is 2. The number of amides is 1. The molecule has 0 bridgehead atoms. The fourth-order valence-electron chi connectivity index (χ4n) is 4.19. The minimum Gasteiger partial charge on any atom is -0.477 e. The van der Waals surface area contributed by atoms with Gasteiger partial charge in [-0.3, -0.25) is 4.79 Å². The molecule has 0 unspecified atom stereocenters. The molecule has 0 saturated heterocycles. The van der Waals surface area contributed by atoms with E-state index in [-0.39, 0.29) is 10.6 Å². The van der Waals surface area contributed by atoms with Crippen LogP contribution in [-0.4, -0.2) is 49.5 Å². The van der Waals surface area contributed by atoms with Crippen molar-refractivity contribution in [3.8, 4) is 5.88 Å². The predicted molar refractivity (Wildman–Crippen MR) is 128 cm³/mol. The lowest BCUT2D eigenvalue weighted by molar-refractivity contribution is 0.0995. The Morgan fingerprint density at radius 3 is 2.75 bits per heavy atom. The average Bonchev–Trinajstić information content (AvgIpc) is 3.15. The second-order valence-corrected chi connectivity index (χ2v) is 10.9. The van der Waals surface area contributed by atoms with Gasteiger partial charge in [-0.2, -0.15) is 11.8 Å². The number of aromatic nitrogens is 2. The van der Waals surface area contributed by atoms with Crippen LogP contribution in [0.5, 0.6) is 5.88 Å². The number of ether oxygens (including phenoxy) is 1. The molecule has 1 fully saturated rings. The molecule has 1 aromatic carbocycles. The summed E-state index contributed by atoms with van der Waals surface area (Å²) in [5.74, 6) is 0.815. The molecule has 1 aliphatic rings. The minimum atomic E-state index is -3.65. The molecule has 0 aliphatic heterocycles. The number of primary amides is 1. The van der Waals surface area contributed by atoms with Crippen molar-refractivity contribution in [2.45, 2.75) is 37.0 Å². The molecule has 1 saturated carbocycles. The average molecular weight is 477 g/mol. The van der Waals surface area contributed by atoms with Crippen LogP contribution in [0.15, 0.2) is 29.2 Å². The lowest BCUT2D eigenvalue weighted by Crippen LogP contribution is -2.25. The summed E-state index contributed by atoms with van der Waals surface area (Å²) in [6.45, 7) is 0.891. The van der Waals surface area contributed by atoms with E-state index < -0.39 is 15.9 Å². The van der Waals surface area contributed by atoms with Crippen molar-refractivity contribution in [3.63, 3.8) is 0 Å². The first-order chi connectivity index (χ1) is 15.4. The number of H-pyrrole nitrogens is 1. The van der Waals surface area contributed by atoms with Gasteiger partial charge in [0.05, 0.1) is 17.0 Å². The molecule has 32 heavy (non-hydrogen) atoms. The maximum atomic E-state index is 12.7. The molecular weight excluding hydrogens is 448 g/mol. The number of aromatic amines is 1. The van der Waals surface area contributed by atoms with Gasteiger partial charge in [0.25, 0.3) is 5.91 Å². The maximum Gasteiger partial charge on any atom is 0.269 e. The standard InChI is InChI=1S/C22H28N4O4S2/c1-31-10-9-24-32(28,29)15-7-8-18-16(11-15)17-12-19(26-21(22(23)27)20(17)25-18)30-13-14-5-3-2-4-6-14/h7-8,11-12,14,24-25H,2-6,9-10,13H2,1H3,(H2,23,27). The number of fused-ring (bicyclic) bond motifs is 3. The van der Waals surface area contributed by atoms with E-state index in [2.05, 4.69) is 14.7 Å². The maximum absolute atomic E-state index is 12.7. The van der Waals surface area contributed by atoms with Crippen LogP contribution in [0.1, 0.15) is 42.6 Å². The summed E-state index contributed by atoms with van der Waals surface area (Å²) in [6, 6.07) is 6.58. The summed E-state index contributed by atoms with van der Waals surface area (Å²) in [6.07, 6.45) is 7.85. The molecular formula is C22H28N4O4S2. The lowest BCUT2D eigenvalue weighted by Gasteiger charge is -2.21. The first-order valence-electron chi connectivity index (χ1n) is 10.8. The third kappa shape index (κ3) is 4.87. The fraction of sp³-hybridized carbons (Fsp3) is 0.455. The Balaban J connectivity index is 1.72. The summed E-state index contributed by atoms with van der Waals surface area (Å²) in [5.41, 5.74) is 6.84. The molecule has 172 valence electrons. The number of carbonyl (C=O) groups excluding carboxylic acids is 1. The molecule has 4 rings (SSSR count). The van der Waals surface area contributed by atoms with Crippen LogP contribution in [0.25, 0.3) is 21.8 Å². The van der Waals surface area contributed by atoms with Crippen molar-refractivity contribution in [2.24, 2.45) is 11.7 Å². The largest absolute Gasteiger partial charge is 0.477 e. The zero-order chi connectivity index (χ0) is 22.7.